The van der Waals surface area contributed by atoms with Crippen molar-refractivity contribution in [3.05, 3.63) is 169 Å². The fourth-order valence-electron chi connectivity index (χ4n) is 9.09. The fraction of sp³-hybridized carbons (Fsp3) is 0.0204. The van der Waals surface area contributed by atoms with Gasteiger partial charge in [0, 0.05) is 48.7 Å². The molecule has 0 saturated carbocycles. The van der Waals surface area contributed by atoms with Crippen molar-refractivity contribution < 1.29 is 30.8 Å². The lowest BCUT2D eigenvalue weighted by atomic mass is 9.96. The molecule has 0 amide bonds. The SMILES string of the molecule is Fc1cccc(F)c1-c1cc(-n2c3ccccc3c3ccc4c5ccccc5oc4c32)c(-n2c3ccccc3c3ccc4c5ccccc5oc4c32)cc1C(F)(F)F. The third-order valence-corrected chi connectivity index (χ3v) is 11.5. The Morgan fingerprint density at radius 1 is 0.414 bits per heavy atom. The largest absolute Gasteiger partial charge is 0.454 e. The monoisotopic (exact) mass is 768 g/mol. The molecule has 0 aliphatic heterocycles. The molecule has 12 aromatic rings. The summed E-state index contributed by atoms with van der Waals surface area (Å²) < 4.78 is 95.5. The first-order valence-electron chi connectivity index (χ1n) is 18.6. The van der Waals surface area contributed by atoms with Crippen molar-refractivity contribution in [1.82, 2.24) is 9.13 Å². The second-order valence-electron chi connectivity index (χ2n) is 14.6. The van der Waals surface area contributed by atoms with Crippen LogP contribution in [0.15, 0.2) is 160 Å². The Balaban J connectivity index is 1.35. The van der Waals surface area contributed by atoms with E-state index in [0.29, 0.717) is 44.4 Å². The van der Waals surface area contributed by atoms with Gasteiger partial charge in [-0.05, 0) is 60.7 Å². The number of alkyl halides is 3. The highest BCUT2D eigenvalue weighted by atomic mass is 19.4. The third kappa shape index (κ3) is 4.38. The first kappa shape index (κ1) is 32.8. The number of aromatic nitrogens is 2. The number of hydrogen-bond acceptors (Lipinski definition) is 2. The molecule has 0 bridgehead atoms. The average molecular weight is 769 g/mol. The Kier molecular flexibility index (Phi) is 6.55. The standard InChI is InChI=1S/C49H25F5N2O2/c50-36-14-9-15-37(51)44(36)34-24-40(55-38-16-5-1-10-26(38)30-20-22-32-28-12-3-7-18-42(28)57-47(32)45(30)55)41(25-35(34)49(52,53)54)56-39-17-6-2-11-27(39)31-21-23-33-29-13-4-8-19-43(29)58-48(33)46(31)56/h1-25H. The van der Waals surface area contributed by atoms with E-state index in [0.717, 1.165) is 67.4 Å². The molecule has 0 aliphatic carbocycles. The summed E-state index contributed by atoms with van der Waals surface area (Å²) in [5.74, 6) is -2.24. The van der Waals surface area contributed by atoms with Crippen molar-refractivity contribution in [3.8, 4) is 22.5 Å². The molecular formula is C49H25F5N2O2. The Morgan fingerprint density at radius 3 is 1.34 bits per heavy atom. The van der Waals surface area contributed by atoms with Crippen LogP contribution >= 0.6 is 0 Å². The molecule has 0 aliphatic rings. The van der Waals surface area contributed by atoms with Gasteiger partial charge in [0.05, 0.1) is 44.6 Å². The van der Waals surface area contributed by atoms with E-state index in [1.54, 1.807) is 4.57 Å². The summed E-state index contributed by atoms with van der Waals surface area (Å²) >= 11 is 0. The van der Waals surface area contributed by atoms with Crippen LogP contribution in [0.5, 0.6) is 0 Å². The van der Waals surface area contributed by atoms with Crippen LogP contribution in [0.4, 0.5) is 22.0 Å². The summed E-state index contributed by atoms with van der Waals surface area (Å²) in [5.41, 5.74) is 2.39. The van der Waals surface area contributed by atoms with E-state index in [-0.39, 0.29) is 11.4 Å². The molecule has 12 rings (SSSR count). The van der Waals surface area contributed by atoms with Crippen LogP contribution in [0.2, 0.25) is 0 Å². The Labute approximate surface area is 324 Å². The van der Waals surface area contributed by atoms with Gasteiger partial charge in [0.25, 0.3) is 0 Å². The molecule has 0 spiro atoms. The number of para-hydroxylation sites is 4. The van der Waals surface area contributed by atoms with Crippen molar-refractivity contribution in [2.75, 3.05) is 0 Å². The van der Waals surface area contributed by atoms with Gasteiger partial charge in [-0.25, -0.2) is 8.78 Å². The molecule has 8 aromatic carbocycles. The van der Waals surface area contributed by atoms with E-state index in [4.69, 9.17) is 8.83 Å². The third-order valence-electron chi connectivity index (χ3n) is 11.5. The first-order valence-corrected chi connectivity index (χ1v) is 18.6. The molecule has 278 valence electrons. The number of halogens is 5. The van der Waals surface area contributed by atoms with Crippen molar-refractivity contribution in [3.63, 3.8) is 0 Å². The highest BCUT2D eigenvalue weighted by molar-refractivity contribution is 6.23. The van der Waals surface area contributed by atoms with E-state index in [1.165, 1.54) is 6.07 Å². The smallest absolute Gasteiger partial charge is 0.417 e. The van der Waals surface area contributed by atoms with Crippen LogP contribution in [0.3, 0.4) is 0 Å². The molecule has 0 radical (unpaired) electrons. The molecule has 9 heteroatoms. The maximum absolute atomic E-state index is 15.8. The summed E-state index contributed by atoms with van der Waals surface area (Å²) in [6, 6.07) is 43.5. The number of rotatable bonds is 3. The summed E-state index contributed by atoms with van der Waals surface area (Å²) in [4.78, 5) is 0. The zero-order valence-electron chi connectivity index (χ0n) is 30.0. The van der Waals surface area contributed by atoms with Gasteiger partial charge in [0.15, 0.2) is 11.2 Å². The molecule has 4 heterocycles. The zero-order chi connectivity index (χ0) is 39.0. The number of furan rings is 2. The predicted molar refractivity (Wildman–Crippen MR) is 220 cm³/mol. The van der Waals surface area contributed by atoms with E-state index in [1.807, 2.05) is 126 Å². The summed E-state index contributed by atoms with van der Waals surface area (Å²) in [6.07, 6.45) is -5.03. The molecule has 4 aromatic heterocycles. The number of nitrogens with zero attached hydrogens (tertiary/aromatic N) is 2. The van der Waals surface area contributed by atoms with Crippen molar-refractivity contribution in [2.45, 2.75) is 6.18 Å². The first-order chi connectivity index (χ1) is 28.3. The minimum absolute atomic E-state index is 0.114. The van der Waals surface area contributed by atoms with Crippen LogP contribution in [0.25, 0.3) is 110 Å². The number of fused-ring (bicyclic) bond motifs is 14. The van der Waals surface area contributed by atoms with Gasteiger partial charge < -0.3 is 18.0 Å². The second kappa shape index (κ2) is 11.6. The van der Waals surface area contributed by atoms with Gasteiger partial charge >= 0.3 is 6.18 Å². The predicted octanol–water partition coefficient (Wildman–Crippen LogP) is 14.6. The van der Waals surface area contributed by atoms with Crippen molar-refractivity contribution >= 4 is 87.5 Å². The molecule has 58 heavy (non-hydrogen) atoms. The van der Waals surface area contributed by atoms with Gasteiger partial charge in [0.1, 0.15) is 22.8 Å². The molecule has 0 fully saturated rings. The van der Waals surface area contributed by atoms with Crippen LogP contribution in [0.1, 0.15) is 5.56 Å². The fourth-order valence-corrected chi connectivity index (χ4v) is 9.09. The van der Waals surface area contributed by atoms with Gasteiger partial charge in [-0.3, -0.25) is 0 Å². The number of hydrogen-bond donors (Lipinski definition) is 0. The normalized spacial score (nSPS) is 12.6. The Hall–Kier alpha value is -7.39. The summed E-state index contributed by atoms with van der Waals surface area (Å²) in [5, 5.41) is 6.45. The lowest BCUT2D eigenvalue weighted by Crippen LogP contribution is -2.13. The highest BCUT2D eigenvalue weighted by Crippen LogP contribution is 2.48. The van der Waals surface area contributed by atoms with Gasteiger partial charge in [-0.2, -0.15) is 13.2 Å². The molecular weight excluding hydrogens is 744 g/mol. The molecule has 0 unspecified atom stereocenters. The maximum Gasteiger partial charge on any atom is 0.417 e. The van der Waals surface area contributed by atoms with Gasteiger partial charge in [-0.15, -0.1) is 0 Å². The molecule has 0 atom stereocenters. The highest BCUT2D eigenvalue weighted by Gasteiger charge is 2.38. The second-order valence-corrected chi connectivity index (χ2v) is 14.6. The van der Waals surface area contributed by atoms with E-state index in [9.17, 15) is 0 Å². The lowest BCUT2D eigenvalue weighted by Gasteiger charge is -2.22. The van der Waals surface area contributed by atoms with Gasteiger partial charge in [0.2, 0.25) is 0 Å². The quantitative estimate of drug-likeness (QED) is 0.168. The van der Waals surface area contributed by atoms with Crippen LogP contribution in [0, 0.1) is 11.6 Å². The topological polar surface area (TPSA) is 36.1 Å². The lowest BCUT2D eigenvalue weighted by molar-refractivity contribution is -0.137. The zero-order valence-corrected chi connectivity index (χ0v) is 30.0. The van der Waals surface area contributed by atoms with E-state index < -0.39 is 34.5 Å². The van der Waals surface area contributed by atoms with Gasteiger partial charge in [-0.1, -0.05) is 91.0 Å². The summed E-state index contributed by atoms with van der Waals surface area (Å²) in [6.45, 7) is 0. The Morgan fingerprint density at radius 2 is 0.845 bits per heavy atom. The summed E-state index contributed by atoms with van der Waals surface area (Å²) in [7, 11) is 0. The van der Waals surface area contributed by atoms with Crippen LogP contribution in [-0.2, 0) is 6.18 Å². The Bertz CT molecular complexity index is 3690. The van der Waals surface area contributed by atoms with Crippen molar-refractivity contribution in [2.24, 2.45) is 0 Å². The van der Waals surface area contributed by atoms with Crippen molar-refractivity contribution in [1.29, 1.82) is 0 Å². The van der Waals surface area contributed by atoms with Crippen LogP contribution in [-0.4, -0.2) is 9.13 Å². The van der Waals surface area contributed by atoms with E-state index in [2.05, 4.69) is 0 Å². The maximum atomic E-state index is 15.8. The molecule has 4 nitrogen and oxygen atoms in total. The van der Waals surface area contributed by atoms with Crippen LogP contribution < -0.4 is 0 Å². The van der Waals surface area contributed by atoms with E-state index >= 15 is 22.0 Å². The average Bonchev–Trinajstić information content (AvgIpc) is 3.98. The minimum Gasteiger partial charge on any atom is -0.454 e. The number of benzene rings is 8. The molecule has 0 saturated heterocycles. The molecule has 0 N–H and O–H groups in total. The minimum atomic E-state index is -5.03.